The van der Waals surface area contributed by atoms with E-state index in [0.717, 1.165) is 48.0 Å². The number of hydrogen-bond acceptors (Lipinski definition) is 6. The number of anilines is 3. The van der Waals surface area contributed by atoms with Gasteiger partial charge in [-0.3, -0.25) is 9.69 Å². The Morgan fingerprint density at radius 3 is 2.24 bits per heavy atom. The van der Waals surface area contributed by atoms with Crippen molar-refractivity contribution in [2.24, 2.45) is 0 Å². The Kier molecular flexibility index (Phi) is 7.73. The third-order valence-electron chi connectivity index (χ3n) is 6.38. The van der Waals surface area contributed by atoms with Crippen LogP contribution in [-0.4, -0.2) is 62.4 Å². The fourth-order valence-corrected chi connectivity index (χ4v) is 5.36. The van der Waals surface area contributed by atoms with Gasteiger partial charge in [-0.05, 0) is 64.5 Å². The number of nitrogens with zero attached hydrogens (tertiary/aromatic N) is 4. The Labute approximate surface area is 233 Å². The quantitative estimate of drug-likeness (QED) is 0.388. The number of halogens is 3. The first-order valence-corrected chi connectivity index (χ1v) is 13.4. The Hall–Kier alpha value is -3.01. The second-order valence-electron chi connectivity index (χ2n) is 8.73. The van der Waals surface area contributed by atoms with E-state index in [1.54, 1.807) is 23.1 Å². The first kappa shape index (κ1) is 25.6. The van der Waals surface area contributed by atoms with E-state index in [4.69, 9.17) is 27.9 Å². The van der Waals surface area contributed by atoms with Gasteiger partial charge in [0, 0.05) is 37.6 Å². The summed E-state index contributed by atoms with van der Waals surface area (Å²) in [6.45, 7) is 3.96. The predicted molar refractivity (Wildman–Crippen MR) is 149 cm³/mol. The molecule has 0 unspecified atom stereocenters. The van der Waals surface area contributed by atoms with Gasteiger partial charge < -0.3 is 19.9 Å². The highest BCUT2D eigenvalue weighted by atomic mass is 79.9. The summed E-state index contributed by atoms with van der Waals surface area (Å²) in [5, 5.41) is 3.29. The summed E-state index contributed by atoms with van der Waals surface area (Å²) in [6, 6.07) is 18.7. The Bertz CT molecular complexity index is 1280. The number of ether oxygens (including phenoxy) is 1. The largest absolute Gasteiger partial charge is 0.442 e. The van der Waals surface area contributed by atoms with Crippen LogP contribution < -0.4 is 20.0 Å². The van der Waals surface area contributed by atoms with Crippen LogP contribution in [0.4, 0.5) is 22.0 Å². The number of hydrogen-bond donors (Lipinski definition) is 1. The zero-order valence-electron chi connectivity index (χ0n) is 19.7. The molecule has 2 fully saturated rings. The van der Waals surface area contributed by atoms with Crippen molar-refractivity contribution < 1.29 is 14.3 Å². The minimum atomic E-state index is -0.489. The maximum Gasteiger partial charge on any atom is 0.414 e. The van der Waals surface area contributed by atoms with Crippen LogP contribution in [0.3, 0.4) is 0 Å². The molecule has 3 heterocycles. The predicted octanol–water partition coefficient (Wildman–Crippen LogP) is 5.23. The number of pyridine rings is 1. The van der Waals surface area contributed by atoms with Crippen molar-refractivity contribution in [3.63, 3.8) is 0 Å². The summed E-state index contributed by atoms with van der Waals surface area (Å²) in [7, 11) is 0. The zero-order valence-corrected chi connectivity index (χ0v) is 22.8. The molecule has 2 aromatic carbocycles. The van der Waals surface area contributed by atoms with E-state index in [-0.39, 0.29) is 22.2 Å². The minimum absolute atomic E-state index is 0.151. The van der Waals surface area contributed by atoms with Gasteiger partial charge in [-0.15, -0.1) is 0 Å². The molecule has 0 radical (unpaired) electrons. The minimum Gasteiger partial charge on any atom is -0.442 e. The number of carbonyl (C=O) groups excluding carboxylic acids is 2. The topological polar surface area (TPSA) is 78.0 Å². The van der Waals surface area contributed by atoms with Crippen molar-refractivity contribution in [3.05, 3.63) is 80.9 Å². The maximum absolute atomic E-state index is 12.5. The van der Waals surface area contributed by atoms with Crippen molar-refractivity contribution >= 4 is 68.3 Å². The highest BCUT2D eigenvalue weighted by molar-refractivity contribution is 9.10. The molecule has 1 N–H and O–H groups in total. The molecule has 8 nitrogen and oxygen atoms in total. The smallest absolute Gasteiger partial charge is 0.414 e. The molecule has 2 aliphatic rings. The first-order valence-electron chi connectivity index (χ1n) is 11.8. The van der Waals surface area contributed by atoms with Gasteiger partial charge in [0.15, 0.2) is 0 Å². The highest BCUT2D eigenvalue weighted by Gasteiger charge is 2.33. The molecule has 0 saturated carbocycles. The van der Waals surface area contributed by atoms with Gasteiger partial charge in [0.1, 0.15) is 16.5 Å². The third kappa shape index (κ3) is 5.79. The van der Waals surface area contributed by atoms with Crippen LogP contribution in [0.15, 0.2) is 65.3 Å². The summed E-state index contributed by atoms with van der Waals surface area (Å²) >= 11 is 15.6. The lowest BCUT2D eigenvalue weighted by molar-refractivity contribution is 0.0916. The molecule has 37 heavy (non-hydrogen) atoms. The lowest BCUT2D eigenvalue weighted by Gasteiger charge is -2.36. The van der Waals surface area contributed by atoms with Crippen molar-refractivity contribution in [2.75, 3.05) is 54.0 Å². The molecule has 2 amide bonds. The summed E-state index contributed by atoms with van der Waals surface area (Å²) in [5.74, 6) is 0.558. The summed E-state index contributed by atoms with van der Waals surface area (Å²) < 4.78 is 6.30. The molecule has 0 aliphatic carbocycles. The monoisotopic (exact) mass is 603 g/mol. The Balaban J connectivity index is 1.15. The van der Waals surface area contributed by atoms with Crippen LogP contribution in [-0.2, 0) is 4.74 Å². The molecular weight excluding hydrogens is 581 g/mol. The molecule has 0 bridgehead atoms. The number of piperazine rings is 1. The Morgan fingerprint density at radius 2 is 1.57 bits per heavy atom. The average Bonchev–Trinajstić information content (AvgIpc) is 3.28. The number of carbonyl (C=O) groups is 2. The first-order chi connectivity index (χ1) is 17.9. The standard InChI is InChI=1S/C26H24BrCl2N5O3/c27-22-5-2-6-23(31-22)33-13-11-32(12-14-33)17-7-9-18(10-8-17)34-16-19(37-26(34)36)15-30-25(35)24-20(28)3-1-4-21(24)29/h1-10,19H,11-16H2,(H,30,35)/t19-/m0/s1. The van der Waals surface area contributed by atoms with E-state index in [1.165, 1.54) is 0 Å². The second-order valence-corrected chi connectivity index (χ2v) is 10.4. The van der Waals surface area contributed by atoms with E-state index < -0.39 is 18.1 Å². The molecule has 11 heteroatoms. The van der Waals surface area contributed by atoms with Gasteiger partial charge >= 0.3 is 6.09 Å². The number of aromatic nitrogens is 1. The summed E-state index contributed by atoms with van der Waals surface area (Å²) in [4.78, 5) is 35.8. The van der Waals surface area contributed by atoms with Crippen molar-refractivity contribution in [2.45, 2.75) is 6.10 Å². The number of nitrogens with one attached hydrogen (secondary N) is 1. The van der Waals surface area contributed by atoms with Gasteiger partial charge in [-0.25, -0.2) is 9.78 Å². The Morgan fingerprint density at radius 1 is 0.946 bits per heavy atom. The van der Waals surface area contributed by atoms with Gasteiger partial charge in [-0.2, -0.15) is 0 Å². The number of benzene rings is 2. The molecule has 2 saturated heterocycles. The van der Waals surface area contributed by atoms with Crippen molar-refractivity contribution in [1.29, 1.82) is 0 Å². The average molecular weight is 605 g/mol. The summed E-state index contributed by atoms with van der Waals surface area (Å²) in [5.41, 5.74) is 2.05. The fourth-order valence-electron chi connectivity index (χ4n) is 4.46. The molecule has 192 valence electrons. The zero-order chi connectivity index (χ0) is 25.9. The summed E-state index contributed by atoms with van der Waals surface area (Å²) in [6.07, 6.45) is -0.935. The normalized spacial score (nSPS) is 17.6. The van der Waals surface area contributed by atoms with Crippen LogP contribution >= 0.6 is 39.1 Å². The second kappa shape index (κ2) is 11.2. The van der Waals surface area contributed by atoms with E-state index >= 15 is 0 Å². The van der Waals surface area contributed by atoms with Crippen LogP contribution in [0, 0.1) is 0 Å². The van der Waals surface area contributed by atoms with Gasteiger partial charge in [0.25, 0.3) is 5.91 Å². The number of cyclic esters (lactones) is 1. The molecule has 1 aromatic heterocycles. The SMILES string of the molecule is O=C(NC[C@H]1CN(c2ccc(N3CCN(c4cccc(Br)n4)CC3)cc2)C(=O)O1)c1c(Cl)cccc1Cl. The lowest BCUT2D eigenvalue weighted by atomic mass is 10.2. The van der Waals surface area contributed by atoms with Crippen molar-refractivity contribution in [1.82, 2.24) is 10.3 Å². The van der Waals surface area contributed by atoms with Crippen LogP contribution in [0.1, 0.15) is 10.4 Å². The molecule has 3 aromatic rings. The van der Waals surface area contributed by atoms with Gasteiger partial charge in [-0.1, -0.05) is 35.3 Å². The molecule has 1 atom stereocenters. The van der Waals surface area contributed by atoms with Crippen LogP contribution in [0.2, 0.25) is 10.0 Å². The fraction of sp³-hybridized carbons (Fsp3) is 0.269. The van der Waals surface area contributed by atoms with E-state index in [1.807, 2.05) is 42.5 Å². The van der Waals surface area contributed by atoms with E-state index in [0.29, 0.717) is 6.54 Å². The highest BCUT2D eigenvalue weighted by Crippen LogP contribution is 2.27. The van der Waals surface area contributed by atoms with Crippen molar-refractivity contribution in [3.8, 4) is 0 Å². The maximum atomic E-state index is 12.5. The van der Waals surface area contributed by atoms with E-state index in [9.17, 15) is 9.59 Å². The van der Waals surface area contributed by atoms with E-state index in [2.05, 4.69) is 36.0 Å². The van der Waals surface area contributed by atoms with Gasteiger partial charge in [0.05, 0.1) is 28.7 Å². The molecular formula is C26H24BrCl2N5O3. The number of amides is 2. The molecule has 5 rings (SSSR count). The number of rotatable bonds is 6. The van der Waals surface area contributed by atoms with Crippen LogP contribution in [0.5, 0.6) is 0 Å². The van der Waals surface area contributed by atoms with Crippen LogP contribution in [0.25, 0.3) is 0 Å². The third-order valence-corrected chi connectivity index (χ3v) is 7.46. The molecule has 0 spiro atoms. The van der Waals surface area contributed by atoms with Gasteiger partial charge in [0.2, 0.25) is 0 Å². The molecule has 2 aliphatic heterocycles. The lowest BCUT2D eigenvalue weighted by Crippen LogP contribution is -2.46.